The zero-order valence-electron chi connectivity index (χ0n) is 11.4. The summed E-state index contributed by atoms with van der Waals surface area (Å²) in [6.45, 7) is 2.81. The van der Waals surface area contributed by atoms with E-state index in [1.165, 1.54) is 0 Å². The molecule has 20 heavy (non-hydrogen) atoms. The molecule has 2 aromatic rings. The number of amides is 1. The Hall–Kier alpha value is -2.36. The molecular formula is C16H17N3O. The van der Waals surface area contributed by atoms with Crippen molar-refractivity contribution in [2.75, 3.05) is 6.54 Å². The Morgan fingerprint density at radius 2 is 2.15 bits per heavy atom. The van der Waals surface area contributed by atoms with Crippen molar-refractivity contribution in [2.45, 2.75) is 19.4 Å². The van der Waals surface area contributed by atoms with Crippen molar-refractivity contribution in [3.8, 4) is 11.3 Å². The molecule has 0 saturated heterocycles. The van der Waals surface area contributed by atoms with Crippen molar-refractivity contribution in [1.82, 2.24) is 15.1 Å². The van der Waals surface area contributed by atoms with Gasteiger partial charge in [0.2, 0.25) is 0 Å². The first-order chi connectivity index (χ1) is 9.79. The molecule has 1 aromatic heterocycles. The lowest BCUT2D eigenvalue weighted by atomic mass is 10.1. The average molecular weight is 267 g/mol. The number of hydrogen-bond acceptors (Lipinski definition) is 2. The molecule has 0 spiro atoms. The summed E-state index contributed by atoms with van der Waals surface area (Å²) < 4.78 is 0. The van der Waals surface area contributed by atoms with Crippen molar-refractivity contribution in [3.05, 3.63) is 54.2 Å². The normalized spacial score (nSPS) is 17.6. The zero-order valence-corrected chi connectivity index (χ0v) is 11.4. The lowest BCUT2D eigenvalue weighted by Crippen LogP contribution is -2.35. The minimum absolute atomic E-state index is 0.0954. The molecule has 0 radical (unpaired) electrons. The summed E-state index contributed by atoms with van der Waals surface area (Å²) in [7, 11) is 0. The standard InChI is InChI=1S/C16H17N3O/c1-2-14-4-3-11-19(14)16(20)13-7-5-12(6-8-13)15-9-10-17-18-15/h3-10,14H,2,11H2,1H3,(H,17,18). The van der Waals surface area contributed by atoms with Crippen LogP contribution in [0.5, 0.6) is 0 Å². The highest BCUT2D eigenvalue weighted by Gasteiger charge is 2.24. The molecule has 0 saturated carbocycles. The second-order valence-electron chi connectivity index (χ2n) is 4.91. The van der Waals surface area contributed by atoms with Gasteiger partial charge in [-0.05, 0) is 30.2 Å². The fraction of sp³-hybridized carbons (Fsp3) is 0.250. The first kappa shape index (κ1) is 12.7. The van der Waals surface area contributed by atoms with Gasteiger partial charge in [0.1, 0.15) is 0 Å². The maximum Gasteiger partial charge on any atom is 0.254 e. The van der Waals surface area contributed by atoms with E-state index < -0.39 is 0 Å². The van der Waals surface area contributed by atoms with E-state index in [1.54, 1.807) is 6.20 Å². The molecule has 4 nitrogen and oxygen atoms in total. The maximum atomic E-state index is 12.5. The number of carbonyl (C=O) groups is 1. The Labute approximate surface area is 118 Å². The van der Waals surface area contributed by atoms with Crippen LogP contribution in [0, 0.1) is 0 Å². The Kier molecular flexibility index (Phi) is 3.37. The summed E-state index contributed by atoms with van der Waals surface area (Å²) in [5, 5.41) is 6.85. The number of rotatable bonds is 3. The van der Waals surface area contributed by atoms with Gasteiger partial charge in [0, 0.05) is 18.3 Å². The lowest BCUT2D eigenvalue weighted by Gasteiger charge is -2.23. The molecule has 0 bridgehead atoms. The van der Waals surface area contributed by atoms with Gasteiger partial charge in [-0.1, -0.05) is 31.2 Å². The molecule has 1 aliphatic rings. The molecule has 102 valence electrons. The van der Waals surface area contributed by atoms with Crippen LogP contribution in [0.4, 0.5) is 0 Å². The van der Waals surface area contributed by atoms with Crippen molar-refractivity contribution in [2.24, 2.45) is 0 Å². The number of nitrogens with one attached hydrogen (secondary N) is 1. The predicted octanol–water partition coefficient (Wildman–Crippen LogP) is 2.87. The zero-order chi connectivity index (χ0) is 13.9. The van der Waals surface area contributed by atoms with Gasteiger partial charge < -0.3 is 4.90 Å². The van der Waals surface area contributed by atoms with Crippen molar-refractivity contribution >= 4 is 5.91 Å². The number of benzene rings is 1. The Bertz CT molecular complexity index is 614. The van der Waals surface area contributed by atoms with Gasteiger partial charge in [-0.25, -0.2) is 0 Å². The van der Waals surface area contributed by atoms with Gasteiger partial charge >= 0.3 is 0 Å². The largest absolute Gasteiger partial charge is 0.329 e. The first-order valence-corrected chi connectivity index (χ1v) is 6.87. The number of H-pyrrole nitrogens is 1. The van der Waals surface area contributed by atoms with E-state index in [4.69, 9.17) is 0 Å². The Morgan fingerprint density at radius 1 is 1.35 bits per heavy atom. The number of carbonyl (C=O) groups excluding carboxylic acids is 1. The molecule has 1 aromatic carbocycles. The second-order valence-corrected chi connectivity index (χ2v) is 4.91. The molecule has 3 rings (SSSR count). The van der Waals surface area contributed by atoms with Crippen LogP contribution in [0.25, 0.3) is 11.3 Å². The Balaban J connectivity index is 1.79. The molecule has 1 aliphatic heterocycles. The second kappa shape index (κ2) is 5.33. The summed E-state index contributed by atoms with van der Waals surface area (Å²) in [5.74, 6) is 0.0954. The van der Waals surface area contributed by atoms with E-state index >= 15 is 0 Å². The van der Waals surface area contributed by atoms with Crippen LogP contribution in [-0.2, 0) is 0 Å². The van der Waals surface area contributed by atoms with E-state index in [-0.39, 0.29) is 11.9 Å². The highest BCUT2D eigenvalue weighted by molar-refractivity contribution is 5.95. The lowest BCUT2D eigenvalue weighted by molar-refractivity contribution is 0.0747. The van der Waals surface area contributed by atoms with Gasteiger partial charge in [-0.3, -0.25) is 9.89 Å². The molecular weight excluding hydrogens is 250 g/mol. The minimum atomic E-state index is 0.0954. The average Bonchev–Trinajstić information content (AvgIpc) is 3.17. The van der Waals surface area contributed by atoms with Gasteiger partial charge in [0.15, 0.2) is 0 Å². The van der Waals surface area contributed by atoms with Gasteiger partial charge in [0.25, 0.3) is 5.91 Å². The van der Waals surface area contributed by atoms with Crippen molar-refractivity contribution < 1.29 is 4.79 Å². The van der Waals surface area contributed by atoms with E-state index in [2.05, 4.69) is 29.3 Å². The van der Waals surface area contributed by atoms with Crippen molar-refractivity contribution in [1.29, 1.82) is 0 Å². The number of aromatic nitrogens is 2. The highest BCUT2D eigenvalue weighted by Crippen LogP contribution is 2.20. The van der Waals surface area contributed by atoms with Gasteiger partial charge in [-0.15, -0.1) is 0 Å². The third kappa shape index (κ3) is 2.25. The van der Waals surface area contributed by atoms with Crippen molar-refractivity contribution in [3.63, 3.8) is 0 Å². The van der Waals surface area contributed by atoms with E-state index in [9.17, 15) is 4.79 Å². The molecule has 1 N–H and O–H groups in total. The van der Waals surface area contributed by atoms with E-state index in [0.29, 0.717) is 6.54 Å². The maximum absolute atomic E-state index is 12.5. The van der Waals surface area contributed by atoms with E-state index in [1.807, 2.05) is 35.2 Å². The number of hydrogen-bond donors (Lipinski definition) is 1. The quantitative estimate of drug-likeness (QED) is 0.869. The highest BCUT2D eigenvalue weighted by atomic mass is 16.2. The van der Waals surface area contributed by atoms with Gasteiger partial charge in [0.05, 0.1) is 11.7 Å². The minimum Gasteiger partial charge on any atom is -0.329 e. The summed E-state index contributed by atoms with van der Waals surface area (Å²) in [5.41, 5.74) is 2.72. The molecule has 1 atom stereocenters. The number of aromatic amines is 1. The van der Waals surface area contributed by atoms with Crippen LogP contribution in [0.1, 0.15) is 23.7 Å². The van der Waals surface area contributed by atoms with Crippen LogP contribution >= 0.6 is 0 Å². The first-order valence-electron chi connectivity index (χ1n) is 6.87. The SMILES string of the molecule is CCC1C=CCN1C(=O)c1ccc(-c2ccn[nH]2)cc1. The molecule has 0 aliphatic carbocycles. The van der Waals surface area contributed by atoms with Crippen LogP contribution in [0.15, 0.2) is 48.7 Å². The van der Waals surface area contributed by atoms with E-state index in [0.717, 1.165) is 23.2 Å². The third-order valence-corrected chi connectivity index (χ3v) is 3.68. The fourth-order valence-electron chi connectivity index (χ4n) is 2.54. The summed E-state index contributed by atoms with van der Waals surface area (Å²) in [6.07, 6.45) is 6.84. The summed E-state index contributed by atoms with van der Waals surface area (Å²) in [6, 6.07) is 9.80. The summed E-state index contributed by atoms with van der Waals surface area (Å²) in [4.78, 5) is 14.4. The third-order valence-electron chi connectivity index (χ3n) is 3.68. The predicted molar refractivity (Wildman–Crippen MR) is 78.3 cm³/mol. The molecule has 1 unspecified atom stereocenters. The number of nitrogens with zero attached hydrogens (tertiary/aromatic N) is 2. The summed E-state index contributed by atoms with van der Waals surface area (Å²) >= 11 is 0. The molecule has 2 heterocycles. The topological polar surface area (TPSA) is 49.0 Å². The smallest absolute Gasteiger partial charge is 0.254 e. The molecule has 4 heteroatoms. The van der Waals surface area contributed by atoms with Crippen LogP contribution in [0.2, 0.25) is 0 Å². The fourth-order valence-corrected chi connectivity index (χ4v) is 2.54. The monoisotopic (exact) mass is 267 g/mol. The van der Waals surface area contributed by atoms with Crippen LogP contribution in [0.3, 0.4) is 0 Å². The van der Waals surface area contributed by atoms with Gasteiger partial charge in [-0.2, -0.15) is 5.10 Å². The Morgan fingerprint density at radius 3 is 2.80 bits per heavy atom. The molecule has 1 amide bonds. The van der Waals surface area contributed by atoms with Crippen LogP contribution in [-0.4, -0.2) is 33.6 Å². The van der Waals surface area contributed by atoms with Crippen LogP contribution < -0.4 is 0 Å². The molecule has 0 fully saturated rings.